The van der Waals surface area contributed by atoms with Crippen LogP contribution >= 0.6 is 11.8 Å². The lowest BCUT2D eigenvalue weighted by Gasteiger charge is -2.35. The van der Waals surface area contributed by atoms with E-state index in [9.17, 15) is 4.79 Å². The van der Waals surface area contributed by atoms with E-state index in [0.717, 1.165) is 31.6 Å². The largest absolute Gasteiger partial charge is 0.418 e. The highest BCUT2D eigenvalue weighted by Gasteiger charge is 2.28. The summed E-state index contributed by atoms with van der Waals surface area (Å²) < 4.78 is 6.73. The molecule has 0 bridgehead atoms. The normalized spacial score (nSPS) is 12.6. The molecule has 1 N–H and O–H groups in total. The molecular formula is C47H97NO2SSi. The van der Waals surface area contributed by atoms with Gasteiger partial charge in [0.15, 0.2) is 14.2 Å². The first-order valence-electron chi connectivity index (χ1n) is 24.0. The number of unbranched alkanes of at least 4 members (excludes halogenated alkanes) is 30. The summed E-state index contributed by atoms with van der Waals surface area (Å²) in [5.41, 5.74) is 0.137. The number of nitrogens with one attached hydrogen (secondary N) is 1. The summed E-state index contributed by atoms with van der Waals surface area (Å²) in [6.07, 6.45) is 50.3. The molecule has 0 aromatic rings. The molecule has 0 aromatic heterocycles. The average molecular weight is 768 g/mol. The summed E-state index contributed by atoms with van der Waals surface area (Å²) >= 11 is 1.58. The van der Waals surface area contributed by atoms with Gasteiger partial charge < -0.3 is 9.74 Å². The highest BCUT2D eigenvalue weighted by Crippen LogP contribution is 2.25. The Kier molecular flexibility index (Phi) is 42.4. The Morgan fingerprint density at radius 3 is 1.17 bits per heavy atom. The van der Waals surface area contributed by atoms with Crippen LogP contribution in [0.2, 0.25) is 12.6 Å². The van der Waals surface area contributed by atoms with E-state index in [-0.39, 0.29) is 5.54 Å². The zero-order valence-electron chi connectivity index (χ0n) is 36.6. The van der Waals surface area contributed by atoms with Crippen molar-refractivity contribution in [2.24, 2.45) is 0 Å². The average Bonchev–Trinajstić information content (AvgIpc) is 3.15. The van der Waals surface area contributed by atoms with Crippen molar-refractivity contribution in [3.63, 3.8) is 0 Å². The van der Waals surface area contributed by atoms with E-state index >= 15 is 0 Å². The van der Waals surface area contributed by atoms with Crippen molar-refractivity contribution in [1.82, 2.24) is 5.32 Å². The van der Waals surface area contributed by atoms with Crippen LogP contribution in [-0.4, -0.2) is 39.1 Å². The fraction of sp³-hybridized carbons (Fsp3) is 0.979. The van der Waals surface area contributed by atoms with Crippen molar-refractivity contribution in [2.75, 3.05) is 19.4 Å². The Bertz CT molecular complexity index is 675. The molecule has 312 valence electrons. The van der Waals surface area contributed by atoms with Gasteiger partial charge in [-0.15, -0.1) is 0 Å². The van der Waals surface area contributed by atoms with E-state index in [1.807, 2.05) is 0 Å². The van der Waals surface area contributed by atoms with Crippen molar-refractivity contribution in [1.29, 1.82) is 0 Å². The number of rotatable bonds is 44. The summed E-state index contributed by atoms with van der Waals surface area (Å²) in [7, 11) is 0.969. The zero-order valence-corrected chi connectivity index (χ0v) is 38.6. The molecule has 0 saturated heterocycles. The second-order valence-corrected chi connectivity index (χ2v) is 20.6. The maximum Gasteiger partial charge on any atom is 0.188 e. The molecule has 0 radical (unpaired) electrons. The highest BCUT2D eigenvalue weighted by atomic mass is 32.2. The van der Waals surface area contributed by atoms with Gasteiger partial charge in [-0.25, -0.2) is 0 Å². The molecule has 0 fully saturated rings. The Balaban J connectivity index is 4.41. The minimum atomic E-state index is -1.23. The summed E-state index contributed by atoms with van der Waals surface area (Å²) in [5, 5.41) is 4.23. The van der Waals surface area contributed by atoms with Crippen molar-refractivity contribution in [3.05, 3.63) is 0 Å². The van der Waals surface area contributed by atoms with E-state index in [2.05, 4.69) is 39.7 Å². The van der Waals surface area contributed by atoms with E-state index < -0.39 is 9.04 Å². The minimum absolute atomic E-state index is 0.137. The van der Waals surface area contributed by atoms with Gasteiger partial charge in [0.05, 0.1) is 6.61 Å². The lowest BCUT2D eigenvalue weighted by Crippen LogP contribution is -2.48. The van der Waals surface area contributed by atoms with Crippen LogP contribution < -0.4 is 5.32 Å². The molecule has 0 heterocycles. The predicted molar refractivity (Wildman–Crippen MR) is 241 cm³/mol. The van der Waals surface area contributed by atoms with Crippen molar-refractivity contribution >= 4 is 25.9 Å². The fourth-order valence-electron chi connectivity index (χ4n) is 7.79. The maximum atomic E-state index is 12.3. The van der Waals surface area contributed by atoms with Gasteiger partial charge in [0.2, 0.25) is 0 Å². The van der Waals surface area contributed by atoms with Crippen LogP contribution in [0.5, 0.6) is 0 Å². The Hall–Kier alpha value is 0.157. The third kappa shape index (κ3) is 37.1. The smallest absolute Gasteiger partial charge is 0.188 e. The lowest BCUT2D eigenvalue weighted by molar-refractivity contribution is -0.111. The van der Waals surface area contributed by atoms with E-state index in [1.165, 1.54) is 224 Å². The van der Waals surface area contributed by atoms with E-state index in [4.69, 9.17) is 4.43 Å². The molecule has 0 spiro atoms. The molecule has 0 aliphatic rings. The van der Waals surface area contributed by atoms with Crippen LogP contribution in [0, 0.1) is 0 Å². The minimum Gasteiger partial charge on any atom is -0.418 e. The fourth-order valence-corrected chi connectivity index (χ4v) is 10.5. The highest BCUT2D eigenvalue weighted by molar-refractivity contribution is 8.13. The third-order valence-corrected chi connectivity index (χ3v) is 14.7. The first-order valence-corrected chi connectivity index (χ1v) is 27.4. The van der Waals surface area contributed by atoms with Gasteiger partial charge in [-0.2, -0.15) is 0 Å². The van der Waals surface area contributed by atoms with Crippen LogP contribution in [0.15, 0.2) is 0 Å². The number of hydrogen-bond donors (Lipinski definition) is 1. The summed E-state index contributed by atoms with van der Waals surface area (Å²) in [4.78, 5) is 12.3. The molecule has 0 aliphatic heterocycles. The topological polar surface area (TPSA) is 38.3 Å². The van der Waals surface area contributed by atoms with Crippen LogP contribution in [0.4, 0.5) is 0 Å². The second kappa shape index (κ2) is 42.3. The van der Waals surface area contributed by atoms with Crippen LogP contribution in [0.1, 0.15) is 258 Å². The predicted octanol–water partition coefficient (Wildman–Crippen LogP) is 16.1. The quantitative estimate of drug-likeness (QED) is 0.0495. The molecular weight excluding hydrogens is 671 g/mol. The standard InChI is InChI=1S/C47H97NO2SSi/c1-6-9-12-15-17-19-21-23-25-27-29-31-34-37-41-47(48-4,42-38-35-32-30-28-26-24-22-20-18-16-13-10-7-2)45-50-52(5)44-39-43-51-46(49)40-36-33-14-11-8-3/h48,52H,6-45H2,1-5H3. The molecule has 1 unspecified atom stereocenters. The molecule has 5 heteroatoms. The van der Waals surface area contributed by atoms with Gasteiger partial charge in [-0.1, -0.05) is 238 Å². The van der Waals surface area contributed by atoms with Crippen LogP contribution in [-0.2, 0) is 9.22 Å². The molecule has 3 nitrogen and oxygen atoms in total. The van der Waals surface area contributed by atoms with Gasteiger partial charge in [-0.3, -0.25) is 4.79 Å². The van der Waals surface area contributed by atoms with Crippen LogP contribution in [0.3, 0.4) is 0 Å². The number of carbonyl (C=O) groups is 1. The summed E-state index contributed by atoms with van der Waals surface area (Å²) in [5.74, 6) is 0.976. The molecule has 0 aromatic carbocycles. The summed E-state index contributed by atoms with van der Waals surface area (Å²) in [6, 6.07) is 1.19. The Labute approximate surface area is 335 Å². The second-order valence-electron chi connectivity index (χ2n) is 16.9. The SMILES string of the molecule is CCCCCCCCCCCCCCCCC(CCCCCCCCCCCCCCCC)(CO[SiH](C)CCCSC(=O)CCCCCCC)NC. The van der Waals surface area contributed by atoms with Crippen molar-refractivity contribution in [2.45, 2.75) is 276 Å². The maximum absolute atomic E-state index is 12.3. The van der Waals surface area contributed by atoms with Gasteiger partial charge in [0, 0.05) is 17.7 Å². The molecule has 0 aliphatic carbocycles. The zero-order chi connectivity index (χ0) is 38.1. The number of carbonyl (C=O) groups excluding carboxylic acids is 1. The number of likely N-dealkylation sites (N-methyl/N-ethyl adjacent to an activating group) is 1. The first kappa shape index (κ1) is 52.2. The Morgan fingerprint density at radius 1 is 0.500 bits per heavy atom. The summed E-state index contributed by atoms with van der Waals surface area (Å²) in [6.45, 7) is 10.1. The van der Waals surface area contributed by atoms with Crippen molar-refractivity contribution in [3.8, 4) is 0 Å². The molecule has 52 heavy (non-hydrogen) atoms. The molecule has 0 saturated carbocycles. The van der Waals surface area contributed by atoms with Crippen LogP contribution in [0.25, 0.3) is 0 Å². The monoisotopic (exact) mass is 768 g/mol. The lowest BCUT2D eigenvalue weighted by atomic mass is 9.87. The third-order valence-electron chi connectivity index (χ3n) is 11.7. The van der Waals surface area contributed by atoms with Gasteiger partial charge in [0.1, 0.15) is 0 Å². The van der Waals surface area contributed by atoms with Gasteiger partial charge in [0.25, 0.3) is 0 Å². The Morgan fingerprint density at radius 2 is 0.827 bits per heavy atom. The van der Waals surface area contributed by atoms with E-state index in [1.54, 1.807) is 11.8 Å². The first-order chi connectivity index (χ1) is 25.5. The van der Waals surface area contributed by atoms with Gasteiger partial charge in [-0.05, 0) is 45.3 Å². The van der Waals surface area contributed by atoms with Crippen molar-refractivity contribution < 1.29 is 9.22 Å². The molecule has 0 amide bonds. The number of thioether (sulfide) groups is 1. The van der Waals surface area contributed by atoms with Gasteiger partial charge >= 0.3 is 0 Å². The molecule has 1 atom stereocenters. The molecule has 0 rings (SSSR count). The van der Waals surface area contributed by atoms with E-state index in [0.29, 0.717) is 5.12 Å². The number of hydrogen-bond acceptors (Lipinski definition) is 4.